The summed E-state index contributed by atoms with van der Waals surface area (Å²) in [6.07, 6.45) is -1.99. The number of carbonyl (C=O) groups excluding carboxylic acids is 1. The van der Waals surface area contributed by atoms with E-state index in [1.165, 1.54) is 52.6 Å². The molecule has 1 aliphatic rings. The Bertz CT molecular complexity index is 1710. The number of hydrogen-bond donors (Lipinski definition) is 1. The van der Waals surface area contributed by atoms with Crippen molar-refractivity contribution in [2.24, 2.45) is 4.99 Å². The van der Waals surface area contributed by atoms with Crippen LogP contribution in [0.15, 0.2) is 78.0 Å². The van der Waals surface area contributed by atoms with Crippen molar-refractivity contribution in [3.63, 3.8) is 0 Å². The Morgan fingerprint density at radius 1 is 1.13 bits per heavy atom. The van der Waals surface area contributed by atoms with Gasteiger partial charge in [0.25, 0.3) is 0 Å². The number of thioether (sulfide) groups is 1. The van der Waals surface area contributed by atoms with Gasteiger partial charge in [-0.25, -0.2) is 18.9 Å². The van der Waals surface area contributed by atoms with Crippen LogP contribution in [-0.4, -0.2) is 50.2 Å². The summed E-state index contributed by atoms with van der Waals surface area (Å²) in [4.78, 5) is 23.9. The van der Waals surface area contributed by atoms with E-state index in [0.29, 0.717) is 27.8 Å². The number of amides is 2. The van der Waals surface area contributed by atoms with Gasteiger partial charge in [0.15, 0.2) is 11.0 Å². The number of urea groups is 1. The van der Waals surface area contributed by atoms with Crippen LogP contribution in [0.1, 0.15) is 56.5 Å². The number of carbonyl (C=O) groups is 1. The van der Waals surface area contributed by atoms with E-state index in [9.17, 15) is 18.0 Å². The van der Waals surface area contributed by atoms with Gasteiger partial charge in [0.1, 0.15) is 18.2 Å². The molecule has 8 nitrogen and oxygen atoms in total. The molecule has 0 bridgehead atoms. The van der Waals surface area contributed by atoms with Crippen LogP contribution in [0.2, 0.25) is 0 Å². The Morgan fingerprint density at radius 2 is 1.85 bits per heavy atom. The third-order valence-corrected chi connectivity index (χ3v) is 8.72. The number of hydrogen-bond acceptors (Lipinski definition) is 5. The third-order valence-electron chi connectivity index (χ3n) is 7.73. The molecule has 2 amide bonds. The van der Waals surface area contributed by atoms with Gasteiger partial charge in [-0.3, -0.25) is 0 Å². The number of anilines is 1. The zero-order chi connectivity index (χ0) is 33.7. The molecule has 3 aromatic carbocycles. The van der Waals surface area contributed by atoms with Crippen LogP contribution in [0.5, 0.6) is 5.75 Å². The molecule has 47 heavy (non-hydrogen) atoms. The first-order valence-electron chi connectivity index (χ1n) is 15.3. The molecule has 0 saturated carbocycles. The Balaban J connectivity index is 1.24. The normalized spacial score (nSPS) is 17.4. The lowest BCUT2D eigenvalue weighted by Gasteiger charge is -2.37. The summed E-state index contributed by atoms with van der Waals surface area (Å²) in [7, 11) is 0. The Hall–Kier alpha value is -4.39. The molecule has 3 atom stereocenters. The predicted octanol–water partition coefficient (Wildman–Crippen LogP) is 8.59. The minimum absolute atomic E-state index is 0.157. The van der Waals surface area contributed by atoms with Crippen molar-refractivity contribution >= 4 is 28.6 Å². The molecule has 1 aromatic heterocycles. The summed E-state index contributed by atoms with van der Waals surface area (Å²) in [5.74, 6) is 0.838. The number of ether oxygens (including phenoxy) is 1. The number of alkyl halides is 4. The van der Waals surface area contributed by atoms with Gasteiger partial charge in [-0.1, -0.05) is 61.5 Å². The van der Waals surface area contributed by atoms with Crippen LogP contribution in [-0.2, 0) is 6.42 Å². The fourth-order valence-electron chi connectivity index (χ4n) is 5.33. The van der Waals surface area contributed by atoms with Gasteiger partial charge in [0.05, 0.1) is 11.7 Å². The van der Waals surface area contributed by atoms with Crippen molar-refractivity contribution in [1.29, 1.82) is 0 Å². The van der Waals surface area contributed by atoms with Gasteiger partial charge in [-0.15, -0.1) is 18.3 Å². The zero-order valence-electron chi connectivity index (χ0n) is 26.5. The fraction of sp³-hybridized carbons (Fsp3) is 0.353. The second-order valence-electron chi connectivity index (χ2n) is 11.4. The van der Waals surface area contributed by atoms with Crippen LogP contribution < -0.4 is 15.0 Å². The topological polar surface area (TPSA) is 84.6 Å². The maximum Gasteiger partial charge on any atom is 0.573 e. The second kappa shape index (κ2) is 14.6. The number of amidine groups is 1. The molecule has 2 heterocycles. The fourth-order valence-corrected chi connectivity index (χ4v) is 6.53. The highest BCUT2D eigenvalue weighted by Crippen LogP contribution is 2.33. The molecule has 0 spiro atoms. The largest absolute Gasteiger partial charge is 0.573 e. The molecule has 13 heteroatoms. The Labute approximate surface area is 275 Å². The van der Waals surface area contributed by atoms with Crippen LogP contribution in [0.4, 0.5) is 28.0 Å². The number of aryl methyl sites for hydroxylation is 2. The standard InChI is InChI=1S/C34H36F4N6O2S/c1-5-6-24-8-7-21(2)19-29(24)44-22(3)17-18-47-33(44)41-32(45)40-23(4)30(35)25-9-11-26(12-10-25)31-39-20-43(42-31)27-13-15-28(16-14-27)46-34(36,37)38/h7-16,19-20,22-23,30H,5-6,17-18H2,1-4H3,(H,40,45)/b41-33-. The Morgan fingerprint density at radius 3 is 2.53 bits per heavy atom. The molecule has 1 aliphatic heterocycles. The third kappa shape index (κ3) is 8.51. The highest BCUT2D eigenvalue weighted by atomic mass is 32.2. The van der Waals surface area contributed by atoms with Gasteiger partial charge < -0.3 is 15.0 Å². The maximum atomic E-state index is 15.6. The summed E-state index contributed by atoms with van der Waals surface area (Å²) in [6.45, 7) is 7.91. The van der Waals surface area contributed by atoms with E-state index in [0.717, 1.165) is 36.3 Å². The van der Waals surface area contributed by atoms with Crippen LogP contribution >= 0.6 is 11.8 Å². The van der Waals surface area contributed by atoms with E-state index in [1.807, 2.05) is 6.92 Å². The van der Waals surface area contributed by atoms with Crippen molar-refractivity contribution in [2.45, 2.75) is 71.6 Å². The molecular formula is C34H36F4N6O2S. The number of aliphatic imine (C=N–C) groups is 1. The van der Waals surface area contributed by atoms with Gasteiger partial charge >= 0.3 is 12.4 Å². The van der Waals surface area contributed by atoms with Gasteiger partial charge in [-0.05, 0) is 80.6 Å². The highest BCUT2D eigenvalue weighted by Gasteiger charge is 2.31. The second-order valence-corrected chi connectivity index (χ2v) is 12.5. The van der Waals surface area contributed by atoms with Crippen molar-refractivity contribution < 1.29 is 27.1 Å². The molecule has 5 rings (SSSR count). The summed E-state index contributed by atoms with van der Waals surface area (Å²) in [5.41, 5.74) is 4.85. The first-order chi connectivity index (χ1) is 22.4. The highest BCUT2D eigenvalue weighted by molar-refractivity contribution is 8.14. The SMILES string of the molecule is CCCc1ccc(C)cc1N1/C(=N/C(=O)NC(C)C(F)c2ccc(-c3ncn(-c4ccc(OC(F)(F)F)cc4)n3)cc2)SCCC1C. The molecule has 1 N–H and O–H groups in total. The molecule has 1 fully saturated rings. The lowest BCUT2D eigenvalue weighted by atomic mass is 10.0. The van der Waals surface area contributed by atoms with Crippen molar-refractivity contribution in [3.8, 4) is 22.8 Å². The number of rotatable bonds is 9. The monoisotopic (exact) mass is 668 g/mol. The lowest BCUT2D eigenvalue weighted by molar-refractivity contribution is -0.274. The summed E-state index contributed by atoms with van der Waals surface area (Å²) in [6, 6.07) is 16.8. The van der Waals surface area contributed by atoms with Crippen molar-refractivity contribution in [3.05, 3.63) is 89.7 Å². The molecule has 0 radical (unpaired) electrons. The van der Waals surface area contributed by atoms with Crippen LogP contribution in [0, 0.1) is 6.92 Å². The molecule has 248 valence electrons. The van der Waals surface area contributed by atoms with E-state index >= 15 is 4.39 Å². The van der Waals surface area contributed by atoms with Crippen molar-refractivity contribution in [2.75, 3.05) is 10.7 Å². The molecule has 3 unspecified atom stereocenters. The average Bonchev–Trinajstić information content (AvgIpc) is 3.52. The maximum absolute atomic E-state index is 15.6. The van der Waals surface area contributed by atoms with Gasteiger partial charge in [-0.2, -0.15) is 4.99 Å². The van der Waals surface area contributed by atoms with E-state index in [-0.39, 0.29) is 11.8 Å². The molecule has 4 aromatic rings. The van der Waals surface area contributed by atoms with E-state index < -0.39 is 24.6 Å². The van der Waals surface area contributed by atoms with Gasteiger partial charge in [0.2, 0.25) is 0 Å². The zero-order valence-corrected chi connectivity index (χ0v) is 27.3. The average molecular weight is 669 g/mol. The quantitative estimate of drug-likeness (QED) is 0.180. The Kier molecular flexibility index (Phi) is 10.5. The van der Waals surface area contributed by atoms with Crippen molar-refractivity contribution in [1.82, 2.24) is 20.1 Å². The predicted molar refractivity (Wildman–Crippen MR) is 177 cm³/mol. The molecule has 0 aliphatic carbocycles. The van der Waals surface area contributed by atoms with E-state index in [2.05, 4.69) is 62.1 Å². The molecular weight excluding hydrogens is 632 g/mol. The van der Waals surface area contributed by atoms with E-state index in [1.54, 1.807) is 31.2 Å². The number of halogens is 4. The van der Waals surface area contributed by atoms with E-state index in [4.69, 9.17) is 0 Å². The van der Waals surface area contributed by atoms with Gasteiger partial charge in [0, 0.05) is 23.0 Å². The first-order valence-corrected chi connectivity index (χ1v) is 16.3. The summed E-state index contributed by atoms with van der Waals surface area (Å²) < 4.78 is 58.2. The number of nitrogens with zero attached hydrogens (tertiary/aromatic N) is 5. The summed E-state index contributed by atoms with van der Waals surface area (Å²) >= 11 is 1.53. The number of benzene rings is 3. The molecule has 1 saturated heterocycles. The minimum atomic E-state index is -4.78. The lowest BCUT2D eigenvalue weighted by Crippen LogP contribution is -2.43. The number of aromatic nitrogens is 3. The smallest absolute Gasteiger partial charge is 0.406 e. The summed E-state index contributed by atoms with van der Waals surface area (Å²) in [5, 5.41) is 7.70. The minimum Gasteiger partial charge on any atom is -0.406 e. The first kappa shape index (κ1) is 34.0. The van der Waals surface area contributed by atoms with Crippen LogP contribution in [0.25, 0.3) is 17.1 Å². The number of nitrogens with one attached hydrogen (secondary N) is 1. The van der Waals surface area contributed by atoms with Crippen LogP contribution in [0.3, 0.4) is 0 Å².